The highest BCUT2D eigenvalue weighted by atomic mass is 79.9. The molecular formula is C21H15Br2ClN2O3. The number of hydrogen-bond donors (Lipinski definition) is 2. The van der Waals surface area contributed by atoms with E-state index in [9.17, 15) is 9.90 Å². The van der Waals surface area contributed by atoms with Crippen molar-refractivity contribution in [3.8, 4) is 11.5 Å². The summed E-state index contributed by atoms with van der Waals surface area (Å²) in [7, 11) is 0. The first kappa shape index (κ1) is 21.4. The van der Waals surface area contributed by atoms with Gasteiger partial charge >= 0.3 is 0 Å². The number of phenolic OH excluding ortho intramolecular Hbond substituents is 1. The van der Waals surface area contributed by atoms with E-state index in [-0.39, 0.29) is 11.3 Å². The lowest BCUT2D eigenvalue weighted by atomic mass is 10.2. The van der Waals surface area contributed by atoms with Crippen LogP contribution in [0.25, 0.3) is 0 Å². The fourth-order valence-corrected chi connectivity index (χ4v) is 4.00. The van der Waals surface area contributed by atoms with E-state index in [1.165, 1.54) is 18.3 Å². The standard InChI is InChI=1S/C21H15Br2ClN2O3/c22-17-9-14(11-25-26-21(28)16-3-1-2-4-19(16)27)10-18(23)20(17)29-12-13-5-7-15(24)8-6-13/h1-11,27H,12H2,(H,26,28)/b25-11+. The van der Waals surface area contributed by atoms with Gasteiger partial charge in [0.15, 0.2) is 0 Å². The van der Waals surface area contributed by atoms with Gasteiger partial charge in [-0.05, 0) is 79.4 Å². The molecule has 0 fully saturated rings. The Morgan fingerprint density at radius 2 is 1.76 bits per heavy atom. The molecule has 0 saturated heterocycles. The Kier molecular flexibility index (Phi) is 7.30. The minimum absolute atomic E-state index is 0.104. The molecule has 0 atom stereocenters. The number of carbonyl (C=O) groups excluding carboxylic acids is 1. The van der Waals surface area contributed by atoms with Crippen LogP contribution >= 0.6 is 43.5 Å². The molecule has 0 aliphatic heterocycles. The van der Waals surface area contributed by atoms with Crippen LogP contribution in [-0.4, -0.2) is 17.2 Å². The molecule has 0 aliphatic rings. The monoisotopic (exact) mass is 536 g/mol. The van der Waals surface area contributed by atoms with Crippen molar-refractivity contribution in [1.82, 2.24) is 5.43 Å². The van der Waals surface area contributed by atoms with E-state index in [1.54, 1.807) is 12.1 Å². The van der Waals surface area contributed by atoms with Gasteiger partial charge in [0.25, 0.3) is 5.91 Å². The van der Waals surface area contributed by atoms with E-state index in [4.69, 9.17) is 16.3 Å². The first-order valence-electron chi connectivity index (χ1n) is 8.41. The first-order valence-corrected chi connectivity index (χ1v) is 10.4. The molecule has 0 heterocycles. The van der Waals surface area contributed by atoms with E-state index >= 15 is 0 Å². The summed E-state index contributed by atoms with van der Waals surface area (Å²) in [6.07, 6.45) is 1.50. The number of benzene rings is 3. The minimum atomic E-state index is -0.500. The molecule has 0 aliphatic carbocycles. The minimum Gasteiger partial charge on any atom is -0.507 e. The molecule has 148 valence electrons. The molecule has 0 spiro atoms. The molecule has 5 nitrogen and oxygen atoms in total. The van der Waals surface area contributed by atoms with Crippen molar-refractivity contribution in [1.29, 1.82) is 0 Å². The lowest BCUT2D eigenvalue weighted by molar-refractivity contribution is 0.0952. The predicted molar refractivity (Wildman–Crippen MR) is 121 cm³/mol. The van der Waals surface area contributed by atoms with Crippen LogP contribution < -0.4 is 10.2 Å². The summed E-state index contributed by atoms with van der Waals surface area (Å²) in [5.74, 6) is 0.0450. The topological polar surface area (TPSA) is 70.9 Å². The molecule has 8 heteroatoms. The molecule has 0 aromatic heterocycles. The SMILES string of the molecule is O=C(N/N=C/c1cc(Br)c(OCc2ccc(Cl)cc2)c(Br)c1)c1ccccc1O. The highest BCUT2D eigenvalue weighted by Gasteiger charge is 2.10. The molecule has 0 bridgehead atoms. The summed E-state index contributed by atoms with van der Waals surface area (Å²) in [4.78, 5) is 12.1. The zero-order chi connectivity index (χ0) is 20.8. The molecular weight excluding hydrogens is 524 g/mol. The van der Waals surface area contributed by atoms with Gasteiger partial charge in [0, 0.05) is 5.02 Å². The van der Waals surface area contributed by atoms with Gasteiger partial charge in [0.1, 0.15) is 18.1 Å². The van der Waals surface area contributed by atoms with Gasteiger partial charge in [-0.1, -0.05) is 35.9 Å². The van der Waals surface area contributed by atoms with Crippen LogP contribution in [0.1, 0.15) is 21.5 Å². The summed E-state index contributed by atoms with van der Waals surface area (Å²) in [5.41, 5.74) is 4.27. The Morgan fingerprint density at radius 1 is 1.10 bits per heavy atom. The Balaban J connectivity index is 1.65. The van der Waals surface area contributed by atoms with E-state index in [2.05, 4.69) is 42.4 Å². The molecule has 3 aromatic carbocycles. The first-order chi connectivity index (χ1) is 13.9. The normalized spacial score (nSPS) is 10.9. The van der Waals surface area contributed by atoms with Crippen molar-refractivity contribution in [2.75, 3.05) is 0 Å². The third-order valence-corrected chi connectivity index (χ3v) is 5.28. The van der Waals surface area contributed by atoms with Gasteiger partial charge in [0.05, 0.1) is 20.7 Å². The Hall–Kier alpha value is -2.35. The van der Waals surface area contributed by atoms with Crippen molar-refractivity contribution >= 4 is 55.6 Å². The molecule has 0 unspecified atom stereocenters. The number of rotatable bonds is 6. The summed E-state index contributed by atoms with van der Waals surface area (Å²) in [6, 6.07) is 17.3. The highest BCUT2D eigenvalue weighted by Crippen LogP contribution is 2.35. The van der Waals surface area contributed by atoms with Gasteiger partial charge in [-0.15, -0.1) is 0 Å². The number of phenols is 1. The zero-order valence-corrected chi connectivity index (χ0v) is 18.8. The van der Waals surface area contributed by atoms with Crippen molar-refractivity contribution in [2.45, 2.75) is 6.61 Å². The fraction of sp³-hybridized carbons (Fsp3) is 0.0476. The molecule has 0 saturated carbocycles. The number of carbonyl (C=O) groups is 1. The third-order valence-electron chi connectivity index (χ3n) is 3.85. The number of hydrogen-bond acceptors (Lipinski definition) is 4. The largest absolute Gasteiger partial charge is 0.507 e. The highest BCUT2D eigenvalue weighted by molar-refractivity contribution is 9.11. The number of halogens is 3. The van der Waals surface area contributed by atoms with Crippen molar-refractivity contribution in [3.63, 3.8) is 0 Å². The third kappa shape index (κ3) is 5.82. The van der Waals surface area contributed by atoms with Crippen LogP contribution in [-0.2, 0) is 6.61 Å². The van der Waals surface area contributed by atoms with Crippen LogP contribution in [0.5, 0.6) is 11.5 Å². The Morgan fingerprint density at radius 3 is 2.41 bits per heavy atom. The number of hydrazone groups is 1. The van der Waals surface area contributed by atoms with Crippen molar-refractivity contribution in [2.24, 2.45) is 5.10 Å². The number of amides is 1. The van der Waals surface area contributed by atoms with Gasteiger partial charge in [-0.25, -0.2) is 5.43 Å². The van der Waals surface area contributed by atoms with E-state index in [1.807, 2.05) is 36.4 Å². The average molecular weight is 539 g/mol. The lowest BCUT2D eigenvalue weighted by Gasteiger charge is -2.11. The number of ether oxygens (including phenoxy) is 1. The second-order valence-corrected chi connectivity index (χ2v) is 8.09. The molecule has 29 heavy (non-hydrogen) atoms. The van der Waals surface area contributed by atoms with Gasteiger partial charge in [0.2, 0.25) is 0 Å². The summed E-state index contributed by atoms with van der Waals surface area (Å²) >= 11 is 12.9. The quantitative estimate of drug-likeness (QED) is 0.303. The van der Waals surface area contributed by atoms with Crippen molar-refractivity contribution < 1.29 is 14.6 Å². The molecule has 2 N–H and O–H groups in total. The van der Waals surface area contributed by atoms with Crippen LogP contribution in [0.15, 0.2) is 74.7 Å². The van der Waals surface area contributed by atoms with E-state index in [0.29, 0.717) is 17.4 Å². The summed E-state index contributed by atoms with van der Waals surface area (Å²) in [6.45, 7) is 0.387. The second kappa shape index (κ2) is 9.91. The van der Waals surface area contributed by atoms with Gasteiger partial charge in [-0.2, -0.15) is 5.10 Å². The maximum absolute atomic E-state index is 12.1. The number of nitrogens with one attached hydrogen (secondary N) is 1. The summed E-state index contributed by atoms with van der Waals surface area (Å²) < 4.78 is 7.35. The van der Waals surface area contributed by atoms with Crippen LogP contribution in [0, 0.1) is 0 Å². The fourth-order valence-electron chi connectivity index (χ4n) is 2.42. The molecule has 3 aromatic rings. The van der Waals surface area contributed by atoms with E-state index in [0.717, 1.165) is 20.1 Å². The zero-order valence-electron chi connectivity index (χ0n) is 14.9. The number of aromatic hydroxyl groups is 1. The lowest BCUT2D eigenvalue weighted by Crippen LogP contribution is -2.17. The van der Waals surface area contributed by atoms with E-state index < -0.39 is 5.91 Å². The summed E-state index contributed by atoms with van der Waals surface area (Å²) in [5, 5.41) is 14.3. The number of para-hydroxylation sites is 1. The maximum Gasteiger partial charge on any atom is 0.275 e. The van der Waals surface area contributed by atoms with Gasteiger partial charge < -0.3 is 9.84 Å². The maximum atomic E-state index is 12.1. The Labute approximate surface area is 189 Å². The predicted octanol–water partition coefficient (Wildman–Crippen LogP) is 5.91. The Bertz CT molecular complexity index is 1030. The second-order valence-electron chi connectivity index (χ2n) is 5.95. The van der Waals surface area contributed by atoms with Crippen LogP contribution in [0.2, 0.25) is 5.02 Å². The van der Waals surface area contributed by atoms with Crippen LogP contribution in [0.4, 0.5) is 0 Å². The van der Waals surface area contributed by atoms with Crippen molar-refractivity contribution in [3.05, 3.63) is 91.3 Å². The molecule has 1 amide bonds. The molecule has 3 rings (SSSR count). The van der Waals surface area contributed by atoms with Gasteiger partial charge in [-0.3, -0.25) is 4.79 Å². The van der Waals surface area contributed by atoms with Crippen LogP contribution in [0.3, 0.4) is 0 Å². The smallest absolute Gasteiger partial charge is 0.275 e. The number of nitrogens with zero attached hydrogens (tertiary/aromatic N) is 1. The average Bonchev–Trinajstić information content (AvgIpc) is 2.69. The molecule has 0 radical (unpaired) electrons.